The molecule has 0 aliphatic carbocycles. The summed E-state index contributed by atoms with van der Waals surface area (Å²) in [5, 5.41) is 3.54. The van der Waals surface area contributed by atoms with E-state index in [1.807, 2.05) is 0 Å². The summed E-state index contributed by atoms with van der Waals surface area (Å²) >= 11 is 0. The first kappa shape index (κ1) is 13.5. The van der Waals surface area contributed by atoms with Crippen molar-refractivity contribution in [3.05, 3.63) is 28.8 Å². The van der Waals surface area contributed by atoms with Gasteiger partial charge in [0.15, 0.2) is 0 Å². The van der Waals surface area contributed by atoms with Gasteiger partial charge in [0.2, 0.25) is 0 Å². The van der Waals surface area contributed by atoms with Crippen molar-refractivity contribution in [3.8, 4) is 0 Å². The lowest BCUT2D eigenvalue weighted by Gasteiger charge is -2.25. The molecule has 1 aliphatic rings. The van der Waals surface area contributed by atoms with E-state index in [9.17, 15) is 0 Å². The summed E-state index contributed by atoms with van der Waals surface area (Å²) in [6, 6.07) is 4.81. The molecule has 1 heteroatoms. The van der Waals surface area contributed by atoms with Crippen LogP contribution in [-0.4, -0.2) is 6.54 Å². The van der Waals surface area contributed by atoms with Crippen LogP contribution in [0.25, 0.3) is 0 Å². The van der Waals surface area contributed by atoms with E-state index in [2.05, 4.69) is 59.0 Å². The molecule has 1 N–H and O–H groups in total. The van der Waals surface area contributed by atoms with Crippen molar-refractivity contribution in [2.45, 2.75) is 59.8 Å². The van der Waals surface area contributed by atoms with Gasteiger partial charge in [-0.1, -0.05) is 47.6 Å². The lowest BCUT2D eigenvalue weighted by atomic mass is 9.79. The molecule has 1 aliphatic heterocycles. The molecule has 0 saturated carbocycles. The fourth-order valence-electron chi connectivity index (χ4n) is 2.86. The van der Waals surface area contributed by atoms with E-state index in [0.29, 0.717) is 5.41 Å². The molecule has 0 spiro atoms. The molecular formula is C17H27N. The first-order valence-electron chi connectivity index (χ1n) is 7.07. The van der Waals surface area contributed by atoms with Crippen LogP contribution in [0.1, 0.15) is 58.2 Å². The van der Waals surface area contributed by atoms with Crippen molar-refractivity contribution in [1.82, 2.24) is 0 Å². The third kappa shape index (κ3) is 2.88. The second kappa shape index (κ2) is 4.29. The first-order valence-corrected chi connectivity index (χ1v) is 7.07. The molecule has 0 fully saturated rings. The first-order chi connectivity index (χ1) is 8.17. The summed E-state index contributed by atoms with van der Waals surface area (Å²) in [6.45, 7) is 15.0. The molecule has 1 nitrogen and oxygen atoms in total. The van der Waals surface area contributed by atoms with E-state index in [4.69, 9.17) is 0 Å². The quantitative estimate of drug-likeness (QED) is 0.766. The molecule has 0 bridgehead atoms. The lowest BCUT2D eigenvalue weighted by Crippen LogP contribution is -2.16. The van der Waals surface area contributed by atoms with Gasteiger partial charge in [0, 0.05) is 12.2 Å². The van der Waals surface area contributed by atoms with Crippen LogP contribution in [0.3, 0.4) is 0 Å². The second-order valence-corrected chi connectivity index (χ2v) is 7.83. The van der Waals surface area contributed by atoms with Gasteiger partial charge in [-0.05, 0) is 46.4 Å². The zero-order valence-corrected chi connectivity index (χ0v) is 12.8. The van der Waals surface area contributed by atoms with Gasteiger partial charge < -0.3 is 5.32 Å². The van der Waals surface area contributed by atoms with Gasteiger partial charge in [0.25, 0.3) is 0 Å². The van der Waals surface area contributed by atoms with Crippen molar-refractivity contribution in [1.29, 1.82) is 0 Å². The van der Waals surface area contributed by atoms with Crippen LogP contribution in [0, 0.1) is 5.41 Å². The molecule has 18 heavy (non-hydrogen) atoms. The molecule has 0 amide bonds. The van der Waals surface area contributed by atoms with E-state index < -0.39 is 0 Å². The Kier molecular flexibility index (Phi) is 3.21. The predicted octanol–water partition coefficient (Wildman–Crippen LogP) is 4.54. The number of anilines is 1. The van der Waals surface area contributed by atoms with E-state index in [1.54, 1.807) is 5.56 Å². The van der Waals surface area contributed by atoms with E-state index in [-0.39, 0.29) is 5.41 Å². The Morgan fingerprint density at radius 1 is 1.06 bits per heavy atom. The largest absolute Gasteiger partial charge is 0.384 e. The summed E-state index contributed by atoms with van der Waals surface area (Å²) in [4.78, 5) is 0. The van der Waals surface area contributed by atoms with Gasteiger partial charge in [-0.15, -0.1) is 0 Å². The maximum atomic E-state index is 3.54. The Hall–Kier alpha value is -0.980. The highest BCUT2D eigenvalue weighted by molar-refractivity contribution is 5.62. The smallest absolute Gasteiger partial charge is 0.0379 e. The number of fused-ring (bicyclic) bond motifs is 1. The standard InChI is InChI=1S/C17H27N/c1-16(2,3)11-12-9-14(17(4,5)6)13-7-8-18-15(13)10-12/h9-10,18H,7-8,11H2,1-6H3. The third-order valence-corrected chi connectivity index (χ3v) is 3.54. The Labute approximate surface area is 112 Å². The third-order valence-electron chi connectivity index (χ3n) is 3.54. The van der Waals surface area contributed by atoms with Crippen molar-refractivity contribution < 1.29 is 0 Å². The highest BCUT2D eigenvalue weighted by atomic mass is 14.9. The van der Waals surface area contributed by atoms with E-state index in [0.717, 1.165) is 13.0 Å². The monoisotopic (exact) mass is 245 g/mol. The zero-order valence-electron chi connectivity index (χ0n) is 12.8. The molecular weight excluding hydrogens is 218 g/mol. The van der Waals surface area contributed by atoms with Crippen LogP contribution in [0.4, 0.5) is 5.69 Å². The van der Waals surface area contributed by atoms with Gasteiger partial charge in [-0.2, -0.15) is 0 Å². The Morgan fingerprint density at radius 3 is 2.28 bits per heavy atom. The molecule has 0 atom stereocenters. The Bertz CT molecular complexity index is 444. The minimum atomic E-state index is 0.240. The number of rotatable bonds is 1. The zero-order chi connectivity index (χ0) is 13.6. The van der Waals surface area contributed by atoms with Crippen molar-refractivity contribution in [2.75, 3.05) is 11.9 Å². The predicted molar refractivity (Wildman–Crippen MR) is 80.5 cm³/mol. The Morgan fingerprint density at radius 2 is 1.72 bits per heavy atom. The van der Waals surface area contributed by atoms with Crippen LogP contribution >= 0.6 is 0 Å². The summed E-state index contributed by atoms with van der Waals surface area (Å²) < 4.78 is 0. The van der Waals surface area contributed by atoms with Gasteiger partial charge in [-0.3, -0.25) is 0 Å². The molecule has 2 rings (SSSR count). The molecule has 0 aromatic heterocycles. The molecule has 0 radical (unpaired) electrons. The summed E-state index contributed by atoms with van der Waals surface area (Å²) in [5.74, 6) is 0. The number of hydrogen-bond donors (Lipinski definition) is 1. The van der Waals surface area contributed by atoms with Gasteiger partial charge in [0.05, 0.1) is 0 Å². The molecule has 100 valence electrons. The van der Waals surface area contributed by atoms with Crippen LogP contribution in [0.15, 0.2) is 12.1 Å². The fourth-order valence-corrected chi connectivity index (χ4v) is 2.86. The molecule has 0 saturated heterocycles. The molecule has 1 aromatic rings. The average molecular weight is 245 g/mol. The molecule has 1 aromatic carbocycles. The number of benzene rings is 1. The lowest BCUT2D eigenvalue weighted by molar-refractivity contribution is 0.410. The van der Waals surface area contributed by atoms with Crippen LogP contribution in [0.5, 0.6) is 0 Å². The molecule has 0 unspecified atom stereocenters. The molecule has 1 heterocycles. The fraction of sp³-hybridized carbons (Fsp3) is 0.647. The van der Waals surface area contributed by atoms with Gasteiger partial charge in [-0.25, -0.2) is 0 Å². The maximum Gasteiger partial charge on any atom is 0.0379 e. The van der Waals surface area contributed by atoms with Gasteiger partial charge in [0.1, 0.15) is 0 Å². The number of hydrogen-bond acceptors (Lipinski definition) is 1. The maximum absolute atomic E-state index is 3.54. The highest BCUT2D eigenvalue weighted by Gasteiger charge is 2.24. The SMILES string of the molecule is CC(C)(C)Cc1cc2c(c(C(C)(C)C)c1)CCN2. The topological polar surface area (TPSA) is 12.0 Å². The van der Waals surface area contributed by atoms with Crippen LogP contribution in [-0.2, 0) is 18.3 Å². The minimum Gasteiger partial charge on any atom is -0.384 e. The normalized spacial score (nSPS) is 15.4. The van der Waals surface area contributed by atoms with Gasteiger partial charge >= 0.3 is 0 Å². The minimum absolute atomic E-state index is 0.240. The van der Waals surface area contributed by atoms with E-state index in [1.165, 1.54) is 23.2 Å². The summed E-state index contributed by atoms with van der Waals surface area (Å²) in [7, 11) is 0. The summed E-state index contributed by atoms with van der Waals surface area (Å²) in [5.41, 5.74) is 6.51. The van der Waals surface area contributed by atoms with Crippen LogP contribution in [0.2, 0.25) is 0 Å². The van der Waals surface area contributed by atoms with Crippen LogP contribution < -0.4 is 5.32 Å². The average Bonchev–Trinajstić information content (AvgIpc) is 2.59. The van der Waals surface area contributed by atoms with Crippen molar-refractivity contribution in [2.24, 2.45) is 5.41 Å². The highest BCUT2D eigenvalue weighted by Crippen LogP contribution is 2.36. The number of nitrogens with one attached hydrogen (secondary N) is 1. The second-order valence-electron chi connectivity index (χ2n) is 7.83. The van der Waals surface area contributed by atoms with Crippen molar-refractivity contribution >= 4 is 5.69 Å². The van der Waals surface area contributed by atoms with E-state index >= 15 is 0 Å². The summed E-state index contributed by atoms with van der Waals surface area (Å²) in [6.07, 6.45) is 2.32. The van der Waals surface area contributed by atoms with Crippen molar-refractivity contribution in [3.63, 3.8) is 0 Å². The Balaban J connectivity index is 2.46.